The summed E-state index contributed by atoms with van der Waals surface area (Å²) in [6.45, 7) is 3.09. The SMILES string of the molecule is COc1cc(-c2ccccc2)sc1C(=O)N1CCC(C(C)O)C1. The number of aliphatic hydroxyl groups excluding tert-OH is 1. The van der Waals surface area contributed by atoms with Gasteiger partial charge in [-0.2, -0.15) is 0 Å². The topological polar surface area (TPSA) is 49.8 Å². The van der Waals surface area contributed by atoms with E-state index in [4.69, 9.17) is 4.74 Å². The second-order valence-corrected chi connectivity index (χ2v) is 6.97. The van der Waals surface area contributed by atoms with Crippen molar-refractivity contribution in [1.82, 2.24) is 4.90 Å². The summed E-state index contributed by atoms with van der Waals surface area (Å²) in [4.78, 5) is 16.3. The molecule has 2 unspecified atom stereocenters. The summed E-state index contributed by atoms with van der Waals surface area (Å²) < 4.78 is 5.42. The summed E-state index contributed by atoms with van der Waals surface area (Å²) in [7, 11) is 1.59. The van der Waals surface area contributed by atoms with Gasteiger partial charge in [-0.1, -0.05) is 30.3 Å². The van der Waals surface area contributed by atoms with Crippen molar-refractivity contribution < 1.29 is 14.6 Å². The van der Waals surface area contributed by atoms with Gasteiger partial charge in [-0.05, 0) is 25.0 Å². The predicted octanol–water partition coefficient (Wildman–Crippen LogP) is 3.27. The van der Waals surface area contributed by atoms with Crippen LogP contribution in [0.25, 0.3) is 10.4 Å². The highest BCUT2D eigenvalue weighted by Crippen LogP contribution is 2.37. The zero-order valence-electron chi connectivity index (χ0n) is 13.4. The van der Waals surface area contributed by atoms with Gasteiger partial charge in [-0.25, -0.2) is 0 Å². The normalized spacial score (nSPS) is 18.9. The van der Waals surface area contributed by atoms with Crippen molar-refractivity contribution in [2.45, 2.75) is 19.4 Å². The van der Waals surface area contributed by atoms with Gasteiger partial charge in [0.05, 0.1) is 13.2 Å². The van der Waals surface area contributed by atoms with Crippen LogP contribution in [0.5, 0.6) is 5.75 Å². The Morgan fingerprint density at radius 2 is 2.13 bits per heavy atom. The van der Waals surface area contributed by atoms with Crippen LogP contribution >= 0.6 is 11.3 Å². The van der Waals surface area contributed by atoms with Crippen molar-refractivity contribution in [1.29, 1.82) is 0 Å². The molecule has 2 aromatic rings. The van der Waals surface area contributed by atoms with E-state index in [1.165, 1.54) is 11.3 Å². The molecule has 1 amide bonds. The monoisotopic (exact) mass is 331 g/mol. The molecule has 1 aromatic carbocycles. The van der Waals surface area contributed by atoms with E-state index >= 15 is 0 Å². The van der Waals surface area contributed by atoms with Gasteiger partial charge in [0.15, 0.2) is 0 Å². The Kier molecular flexibility index (Phi) is 4.68. The van der Waals surface area contributed by atoms with Crippen LogP contribution in [-0.4, -0.2) is 42.2 Å². The molecule has 1 aliphatic heterocycles. The summed E-state index contributed by atoms with van der Waals surface area (Å²) in [6, 6.07) is 11.9. The number of carbonyl (C=O) groups is 1. The Morgan fingerprint density at radius 3 is 2.74 bits per heavy atom. The first-order valence-electron chi connectivity index (χ1n) is 7.80. The molecule has 1 saturated heterocycles. The third-order valence-electron chi connectivity index (χ3n) is 4.36. The van der Waals surface area contributed by atoms with Crippen LogP contribution in [0.2, 0.25) is 0 Å². The van der Waals surface area contributed by atoms with Crippen molar-refractivity contribution in [2.24, 2.45) is 5.92 Å². The van der Waals surface area contributed by atoms with E-state index in [-0.39, 0.29) is 17.9 Å². The smallest absolute Gasteiger partial charge is 0.267 e. The average molecular weight is 331 g/mol. The van der Waals surface area contributed by atoms with E-state index in [0.717, 1.165) is 16.9 Å². The fraction of sp³-hybridized carbons (Fsp3) is 0.389. The summed E-state index contributed by atoms with van der Waals surface area (Å²) in [6.07, 6.45) is 0.473. The molecule has 4 nitrogen and oxygen atoms in total. The zero-order chi connectivity index (χ0) is 16.4. The van der Waals surface area contributed by atoms with Gasteiger partial charge in [0.2, 0.25) is 0 Å². The summed E-state index contributed by atoms with van der Waals surface area (Å²) in [5.41, 5.74) is 1.08. The Bertz CT molecular complexity index is 681. The van der Waals surface area contributed by atoms with Crippen LogP contribution in [0.4, 0.5) is 0 Å². The Hall–Kier alpha value is -1.85. The van der Waals surface area contributed by atoms with E-state index in [0.29, 0.717) is 23.7 Å². The highest BCUT2D eigenvalue weighted by molar-refractivity contribution is 7.17. The number of methoxy groups -OCH3 is 1. The summed E-state index contributed by atoms with van der Waals surface area (Å²) >= 11 is 1.46. The third-order valence-corrected chi connectivity index (χ3v) is 5.52. The molecular formula is C18H21NO3S. The van der Waals surface area contributed by atoms with E-state index in [1.807, 2.05) is 41.3 Å². The number of benzene rings is 1. The molecule has 1 aromatic heterocycles. The first-order valence-corrected chi connectivity index (χ1v) is 8.62. The summed E-state index contributed by atoms with van der Waals surface area (Å²) in [5, 5.41) is 9.72. The van der Waals surface area contributed by atoms with E-state index in [1.54, 1.807) is 14.0 Å². The molecule has 2 atom stereocenters. The van der Waals surface area contributed by atoms with E-state index in [2.05, 4.69) is 0 Å². The van der Waals surface area contributed by atoms with Gasteiger partial charge in [0, 0.05) is 23.9 Å². The molecule has 0 radical (unpaired) electrons. The number of aliphatic hydroxyl groups is 1. The molecule has 0 bridgehead atoms. The number of hydrogen-bond acceptors (Lipinski definition) is 4. The van der Waals surface area contributed by atoms with Gasteiger partial charge < -0.3 is 14.7 Å². The maximum atomic E-state index is 12.8. The van der Waals surface area contributed by atoms with Crippen molar-refractivity contribution in [3.63, 3.8) is 0 Å². The second-order valence-electron chi connectivity index (χ2n) is 5.91. The third kappa shape index (κ3) is 3.26. The lowest BCUT2D eigenvalue weighted by Crippen LogP contribution is -2.30. The van der Waals surface area contributed by atoms with Crippen LogP contribution in [0.3, 0.4) is 0 Å². The molecule has 0 aliphatic carbocycles. The maximum absolute atomic E-state index is 12.8. The zero-order valence-corrected chi connectivity index (χ0v) is 14.2. The Balaban J connectivity index is 1.85. The number of carbonyl (C=O) groups excluding carboxylic acids is 1. The molecule has 3 rings (SSSR count). The van der Waals surface area contributed by atoms with Gasteiger partial charge in [-0.15, -0.1) is 11.3 Å². The number of thiophene rings is 1. The fourth-order valence-corrected chi connectivity index (χ4v) is 4.03. The minimum Gasteiger partial charge on any atom is -0.495 e. The van der Waals surface area contributed by atoms with Crippen LogP contribution in [0, 0.1) is 5.92 Å². The Labute approximate surface area is 140 Å². The lowest BCUT2D eigenvalue weighted by atomic mass is 10.0. The molecule has 1 fully saturated rings. The van der Waals surface area contributed by atoms with Crippen molar-refractivity contribution >= 4 is 17.2 Å². The van der Waals surface area contributed by atoms with Gasteiger partial charge in [-0.3, -0.25) is 4.79 Å². The lowest BCUT2D eigenvalue weighted by molar-refractivity contribution is 0.0764. The number of amides is 1. The highest BCUT2D eigenvalue weighted by Gasteiger charge is 2.31. The minimum absolute atomic E-state index is 0.00261. The maximum Gasteiger partial charge on any atom is 0.267 e. The fourth-order valence-electron chi connectivity index (χ4n) is 2.93. The molecule has 1 aliphatic rings. The number of nitrogens with zero attached hydrogens (tertiary/aromatic N) is 1. The van der Waals surface area contributed by atoms with Crippen LogP contribution in [-0.2, 0) is 0 Å². The predicted molar refractivity (Wildman–Crippen MR) is 92.0 cm³/mol. The molecule has 0 spiro atoms. The number of rotatable bonds is 4. The number of hydrogen-bond donors (Lipinski definition) is 1. The van der Waals surface area contributed by atoms with Crippen LogP contribution < -0.4 is 4.74 Å². The van der Waals surface area contributed by atoms with Crippen LogP contribution in [0.15, 0.2) is 36.4 Å². The van der Waals surface area contributed by atoms with Crippen LogP contribution in [0.1, 0.15) is 23.0 Å². The van der Waals surface area contributed by atoms with Crippen molar-refractivity contribution in [3.8, 4) is 16.2 Å². The largest absolute Gasteiger partial charge is 0.495 e. The first kappa shape index (κ1) is 16.0. The second kappa shape index (κ2) is 6.72. The quantitative estimate of drug-likeness (QED) is 0.935. The minimum atomic E-state index is -0.377. The Morgan fingerprint density at radius 1 is 1.39 bits per heavy atom. The molecule has 1 N–H and O–H groups in total. The number of likely N-dealkylation sites (tertiary alicyclic amines) is 1. The van der Waals surface area contributed by atoms with Gasteiger partial charge >= 0.3 is 0 Å². The molecule has 23 heavy (non-hydrogen) atoms. The average Bonchev–Trinajstić information content (AvgIpc) is 3.22. The molecule has 2 heterocycles. The van der Waals surface area contributed by atoms with Gasteiger partial charge in [0.1, 0.15) is 10.6 Å². The molecule has 0 saturated carbocycles. The standard InChI is InChI=1S/C18H21NO3S/c1-12(20)14-8-9-19(11-14)18(21)17-15(22-2)10-16(23-17)13-6-4-3-5-7-13/h3-7,10,12,14,20H,8-9,11H2,1-2H3. The van der Waals surface area contributed by atoms with E-state index in [9.17, 15) is 9.90 Å². The summed E-state index contributed by atoms with van der Waals surface area (Å²) in [5.74, 6) is 0.787. The molecule has 5 heteroatoms. The highest BCUT2D eigenvalue weighted by atomic mass is 32.1. The molecular weight excluding hydrogens is 310 g/mol. The first-order chi connectivity index (χ1) is 11.1. The van der Waals surface area contributed by atoms with Crippen molar-refractivity contribution in [3.05, 3.63) is 41.3 Å². The lowest BCUT2D eigenvalue weighted by Gasteiger charge is -2.17. The number of ether oxygens (including phenoxy) is 1. The van der Waals surface area contributed by atoms with E-state index < -0.39 is 0 Å². The van der Waals surface area contributed by atoms with Gasteiger partial charge in [0.25, 0.3) is 5.91 Å². The van der Waals surface area contributed by atoms with Crippen molar-refractivity contribution in [2.75, 3.05) is 20.2 Å². The molecule has 122 valence electrons.